The van der Waals surface area contributed by atoms with E-state index in [-0.39, 0.29) is 23.5 Å². The molecule has 0 aromatic heterocycles. The summed E-state index contributed by atoms with van der Waals surface area (Å²) in [5, 5.41) is 0. The monoisotopic (exact) mass is 282 g/mol. The summed E-state index contributed by atoms with van der Waals surface area (Å²) in [6, 6.07) is 2.59. The van der Waals surface area contributed by atoms with Crippen molar-refractivity contribution in [3.63, 3.8) is 0 Å². The molecule has 1 rings (SSSR count). The van der Waals surface area contributed by atoms with E-state index in [9.17, 15) is 21.6 Å². The highest BCUT2D eigenvalue weighted by atomic mass is 32.2. The number of halogens is 3. The van der Waals surface area contributed by atoms with Crippen LogP contribution in [0.5, 0.6) is 0 Å². The van der Waals surface area contributed by atoms with E-state index in [1.807, 2.05) is 0 Å². The molecule has 0 bridgehead atoms. The standard InChI is InChI=1S/C10H13F3N2O2S/c1-7-2-3-8(10(11,12)13)6-9(7)18(16,17)15-5-4-14/h2-3,6,15H,4-5,14H2,1H3. The zero-order valence-corrected chi connectivity index (χ0v) is 10.4. The molecule has 0 radical (unpaired) electrons. The molecule has 0 atom stereocenters. The zero-order valence-electron chi connectivity index (χ0n) is 9.58. The minimum atomic E-state index is -4.58. The van der Waals surface area contributed by atoms with Gasteiger partial charge in [0.1, 0.15) is 0 Å². The largest absolute Gasteiger partial charge is 0.416 e. The fourth-order valence-electron chi connectivity index (χ4n) is 1.34. The van der Waals surface area contributed by atoms with Gasteiger partial charge >= 0.3 is 6.18 Å². The van der Waals surface area contributed by atoms with Crippen molar-refractivity contribution < 1.29 is 21.6 Å². The Morgan fingerprint density at radius 1 is 1.33 bits per heavy atom. The smallest absolute Gasteiger partial charge is 0.329 e. The molecule has 0 saturated heterocycles. The molecule has 0 heterocycles. The van der Waals surface area contributed by atoms with E-state index in [4.69, 9.17) is 5.73 Å². The molecule has 3 N–H and O–H groups in total. The second-order valence-corrected chi connectivity index (χ2v) is 5.40. The number of nitrogens with two attached hydrogens (primary N) is 1. The summed E-state index contributed by atoms with van der Waals surface area (Å²) in [4.78, 5) is -0.384. The van der Waals surface area contributed by atoms with E-state index >= 15 is 0 Å². The third-order valence-corrected chi connectivity index (χ3v) is 3.84. The maximum absolute atomic E-state index is 12.5. The van der Waals surface area contributed by atoms with Gasteiger partial charge < -0.3 is 5.73 Å². The van der Waals surface area contributed by atoms with Crippen molar-refractivity contribution in [3.8, 4) is 0 Å². The molecule has 102 valence electrons. The summed E-state index contributed by atoms with van der Waals surface area (Å²) in [7, 11) is -3.97. The molecular formula is C10H13F3N2O2S. The molecule has 4 nitrogen and oxygen atoms in total. The van der Waals surface area contributed by atoms with Crippen molar-refractivity contribution >= 4 is 10.0 Å². The number of rotatable bonds is 4. The summed E-state index contributed by atoms with van der Waals surface area (Å²) < 4.78 is 63.2. The van der Waals surface area contributed by atoms with Crippen LogP contribution < -0.4 is 10.5 Å². The Bertz CT molecular complexity index is 526. The molecular weight excluding hydrogens is 269 g/mol. The first-order chi connectivity index (χ1) is 8.18. The Labute approximate surface area is 103 Å². The van der Waals surface area contributed by atoms with Crippen LogP contribution in [0.15, 0.2) is 23.1 Å². The van der Waals surface area contributed by atoms with Crippen LogP contribution in [0, 0.1) is 6.92 Å². The van der Waals surface area contributed by atoms with Gasteiger partial charge in [-0.2, -0.15) is 13.2 Å². The lowest BCUT2D eigenvalue weighted by Crippen LogP contribution is -2.29. The van der Waals surface area contributed by atoms with E-state index in [0.29, 0.717) is 6.07 Å². The van der Waals surface area contributed by atoms with Gasteiger partial charge in [-0.3, -0.25) is 0 Å². The second kappa shape index (κ2) is 5.25. The maximum atomic E-state index is 12.5. The molecule has 18 heavy (non-hydrogen) atoms. The van der Waals surface area contributed by atoms with E-state index < -0.39 is 21.8 Å². The van der Waals surface area contributed by atoms with Crippen molar-refractivity contribution in [3.05, 3.63) is 29.3 Å². The number of aryl methyl sites for hydroxylation is 1. The first-order valence-electron chi connectivity index (χ1n) is 5.06. The number of sulfonamides is 1. The van der Waals surface area contributed by atoms with Crippen LogP contribution in [0.1, 0.15) is 11.1 Å². The Balaban J connectivity index is 3.24. The van der Waals surface area contributed by atoms with Gasteiger partial charge in [-0.05, 0) is 24.6 Å². The van der Waals surface area contributed by atoms with Gasteiger partial charge in [0.2, 0.25) is 10.0 Å². The Morgan fingerprint density at radius 3 is 2.44 bits per heavy atom. The van der Waals surface area contributed by atoms with Gasteiger partial charge in [-0.25, -0.2) is 13.1 Å². The third-order valence-electron chi connectivity index (χ3n) is 2.24. The fraction of sp³-hybridized carbons (Fsp3) is 0.400. The second-order valence-electron chi connectivity index (χ2n) is 3.66. The predicted octanol–water partition coefficient (Wildman–Crippen LogP) is 1.25. The Kier molecular flexibility index (Phi) is 4.36. The van der Waals surface area contributed by atoms with Crippen LogP contribution in [0.2, 0.25) is 0 Å². The van der Waals surface area contributed by atoms with Crippen LogP contribution in [-0.2, 0) is 16.2 Å². The fourth-order valence-corrected chi connectivity index (χ4v) is 2.65. The van der Waals surface area contributed by atoms with E-state index in [1.54, 1.807) is 0 Å². The van der Waals surface area contributed by atoms with Crippen LogP contribution >= 0.6 is 0 Å². The highest BCUT2D eigenvalue weighted by Crippen LogP contribution is 2.31. The summed E-state index contributed by atoms with van der Waals surface area (Å²) >= 11 is 0. The number of nitrogens with one attached hydrogen (secondary N) is 1. The predicted molar refractivity (Wildman–Crippen MR) is 60.4 cm³/mol. The van der Waals surface area contributed by atoms with Crippen LogP contribution in [-0.4, -0.2) is 21.5 Å². The maximum Gasteiger partial charge on any atom is 0.416 e. The van der Waals surface area contributed by atoms with Gasteiger partial charge in [0, 0.05) is 13.1 Å². The Morgan fingerprint density at radius 2 is 1.94 bits per heavy atom. The molecule has 0 fully saturated rings. The van der Waals surface area contributed by atoms with Crippen molar-refractivity contribution in [2.75, 3.05) is 13.1 Å². The van der Waals surface area contributed by atoms with Gasteiger partial charge in [0.05, 0.1) is 10.5 Å². The number of hydrogen-bond donors (Lipinski definition) is 2. The van der Waals surface area contributed by atoms with Gasteiger partial charge in [0.25, 0.3) is 0 Å². The summed E-state index contributed by atoms with van der Waals surface area (Å²) in [6.45, 7) is 1.46. The molecule has 0 spiro atoms. The molecule has 8 heteroatoms. The number of hydrogen-bond acceptors (Lipinski definition) is 3. The molecule has 1 aromatic carbocycles. The normalized spacial score (nSPS) is 12.7. The summed E-state index contributed by atoms with van der Waals surface area (Å²) in [5.41, 5.74) is 4.39. The van der Waals surface area contributed by atoms with Gasteiger partial charge in [-0.15, -0.1) is 0 Å². The van der Waals surface area contributed by atoms with Crippen LogP contribution in [0.25, 0.3) is 0 Å². The SMILES string of the molecule is Cc1ccc(C(F)(F)F)cc1S(=O)(=O)NCCN. The van der Waals surface area contributed by atoms with Crippen molar-refractivity contribution in [1.82, 2.24) is 4.72 Å². The average Bonchev–Trinajstić information content (AvgIpc) is 2.25. The van der Waals surface area contributed by atoms with E-state index in [1.165, 1.54) is 6.92 Å². The van der Waals surface area contributed by atoms with Crippen LogP contribution in [0.3, 0.4) is 0 Å². The molecule has 1 aromatic rings. The van der Waals surface area contributed by atoms with Crippen molar-refractivity contribution in [1.29, 1.82) is 0 Å². The van der Waals surface area contributed by atoms with Gasteiger partial charge in [-0.1, -0.05) is 6.07 Å². The topological polar surface area (TPSA) is 72.2 Å². The lowest BCUT2D eigenvalue weighted by molar-refractivity contribution is -0.137. The Hall–Kier alpha value is -1.12. The minimum absolute atomic E-state index is 0.0297. The number of alkyl halides is 3. The first-order valence-corrected chi connectivity index (χ1v) is 6.54. The number of benzene rings is 1. The van der Waals surface area contributed by atoms with Crippen LogP contribution in [0.4, 0.5) is 13.2 Å². The van der Waals surface area contributed by atoms with Crippen molar-refractivity contribution in [2.24, 2.45) is 5.73 Å². The average molecular weight is 282 g/mol. The lowest BCUT2D eigenvalue weighted by Gasteiger charge is -2.12. The first kappa shape index (κ1) is 14.9. The molecule has 0 saturated carbocycles. The summed E-state index contributed by atoms with van der Waals surface area (Å²) in [6.07, 6.45) is -4.58. The highest BCUT2D eigenvalue weighted by molar-refractivity contribution is 7.89. The summed E-state index contributed by atoms with van der Waals surface area (Å²) in [5.74, 6) is 0. The third kappa shape index (κ3) is 3.44. The molecule has 0 aliphatic carbocycles. The molecule has 0 amide bonds. The van der Waals surface area contributed by atoms with Gasteiger partial charge in [0.15, 0.2) is 0 Å². The van der Waals surface area contributed by atoms with E-state index in [2.05, 4.69) is 4.72 Å². The molecule has 0 aliphatic rings. The molecule has 0 aliphatic heterocycles. The molecule has 0 unspecified atom stereocenters. The lowest BCUT2D eigenvalue weighted by atomic mass is 10.1. The zero-order chi connectivity index (χ0) is 14.0. The van der Waals surface area contributed by atoms with E-state index in [0.717, 1.165) is 12.1 Å². The highest BCUT2D eigenvalue weighted by Gasteiger charge is 2.32. The minimum Gasteiger partial charge on any atom is -0.329 e. The quantitative estimate of drug-likeness (QED) is 0.873. The van der Waals surface area contributed by atoms with Crippen molar-refractivity contribution in [2.45, 2.75) is 18.0 Å².